The third-order valence-electron chi connectivity index (χ3n) is 5.70. The van der Waals surface area contributed by atoms with Gasteiger partial charge in [-0.05, 0) is 85.3 Å². The Bertz CT molecular complexity index is 1380. The molecule has 0 heterocycles. The third kappa shape index (κ3) is 8.47. The summed E-state index contributed by atoms with van der Waals surface area (Å²) in [5.74, 6) is 1.77. The normalized spacial score (nSPS) is 11.4. The van der Waals surface area contributed by atoms with Crippen molar-refractivity contribution in [3.8, 4) is 23.0 Å². The van der Waals surface area contributed by atoms with Crippen LogP contribution < -0.4 is 14.2 Å². The van der Waals surface area contributed by atoms with Crippen molar-refractivity contribution in [1.82, 2.24) is 0 Å². The van der Waals surface area contributed by atoms with Crippen LogP contribution in [0.2, 0.25) is 0 Å². The van der Waals surface area contributed by atoms with E-state index in [9.17, 15) is 13.2 Å². The molecule has 0 unspecified atom stereocenters. The van der Waals surface area contributed by atoms with Crippen molar-refractivity contribution >= 4 is 47.7 Å². The highest BCUT2D eigenvalue weighted by atomic mass is 79.9. The fourth-order valence-electron chi connectivity index (χ4n) is 3.81. The predicted molar refractivity (Wildman–Crippen MR) is 155 cm³/mol. The van der Waals surface area contributed by atoms with Gasteiger partial charge in [0, 0.05) is 23.8 Å². The first-order valence-electron chi connectivity index (χ1n) is 11.8. The average Bonchev–Trinajstić information content (AvgIpc) is 2.81. The van der Waals surface area contributed by atoms with Gasteiger partial charge in [0.05, 0.1) is 28.2 Å². The maximum atomic E-state index is 11.3. The quantitative estimate of drug-likeness (QED) is 0.227. The zero-order chi connectivity index (χ0) is 28.0. The number of carbonyl (C=O) groups is 1. The molecule has 0 aromatic heterocycles. The number of sulfone groups is 1. The van der Waals surface area contributed by atoms with Gasteiger partial charge in [-0.15, -0.1) is 0 Å². The fraction of sp³-hybridized carbons (Fsp3) is 0.321. The summed E-state index contributed by atoms with van der Waals surface area (Å²) in [7, 11) is -1.45. The topological polar surface area (TPSA) is 99.1 Å². The van der Waals surface area contributed by atoms with Crippen LogP contribution in [0.4, 0.5) is 0 Å². The molecule has 0 aliphatic rings. The second-order valence-corrected chi connectivity index (χ2v) is 13.2. The van der Waals surface area contributed by atoms with Crippen LogP contribution in [-0.2, 0) is 27.5 Å². The molecule has 1 N–H and O–H groups in total. The number of hydrogen-bond acceptors (Lipinski definition) is 6. The van der Waals surface area contributed by atoms with Gasteiger partial charge in [0.25, 0.3) is 0 Å². The van der Waals surface area contributed by atoms with Crippen molar-refractivity contribution < 1.29 is 32.5 Å². The van der Waals surface area contributed by atoms with E-state index in [0.717, 1.165) is 22.4 Å². The molecule has 3 aromatic rings. The van der Waals surface area contributed by atoms with Crippen LogP contribution in [0.25, 0.3) is 0 Å². The molecule has 0 aliphatic carbocycles. The van der Waals surface area contributed by atoms with Gasteiger partial charge in [0.1, 0.15) is 23.9 Å². The van der Waals surface area contributed by atoms with Crippen molar-refractivity contribution in [2.45, 2.75) is 32.6 Å². The molecule has 0 atom stereocenters. The van der Waals surface area contributed by atoms with E-state index >= 15 is 0 Å². The van der Waals surface area contributed by atoms with E-state index in [1.54, 1.807) is 19.2 Å². The third-order valence-corrected chi connectivity index (χ3v) is 7.79. The lowest BCUT2D eigenvalue weighted by molar-refractivity contribution is -0.136. The highest BCUT2D eigenvalue weighted by Crippen LogP contribution is 2.42. The number of hydrogen-bond donors (Lipinski definition) is 1. The minimum Gasteiger partial charge on any atom is -0.496 e. The number of rotatable bonds is 12. The van der Waals surface area contributed by atoms with Crippen LogP contribution in [0.3, 0.4) is 0 Å². The molecular formula is C28H30Br2O7S. The molecular weight excluding hydrogens is 640 g/mol. The summed E-state index contributed by atoms with van der Waals surface area (Å²) < 4.78 is 41.6. The summed E-state index contributed by atoms with van der Waals surface area (Å²) in [6, 6.07) is 14.9. The smallest absolute Gasteiger partial charge is 0.307 e. The number of halogens is 2. The average molecular weight is 670 g/mol. The first-order valence-corrected chi connectivity index (χ1v) is 15.5. The Labute approximate surface area is 240 Å². The predicted octanol–water partition coefficient (Wildman–Crippen LogP) is 6.78. The molecule has 0 bridgehead atoms. The zero-order valence-electron chi connectivity index (χ0n) is 21.6. The van der Waals surface area contributed by atoms with Gasteiger partial charge in [0.2, 0.25) is 0 Å². The SMILES string of the molecule is COc1cc(Cc2ccc(OCCS(C)(=O)=O)cc2)c(Oc2c(Br)cc(CC(=O)O)cc2Br)cc1C(C)C. The van der Waals surface area contributed by atoms with Gasteiger partial charge >= 0.3 is 5.97 Å². The van der Waals surface area contributed by atoms with E-state index in [1.807, 2.05) is 36.4 Å². The van der Waals surface area contributed by atoms with Gasteiger partial charge in [-0.3, -0.25) is 4.79 Å². The molecule has 0 fully saturated rings. The molecule has 0 aliphatic heterocycles. The molecule has 38 heavy (non-hydrogen) atoms. The fourth-order valence-corrected chi connectivity index (χ4v) is 5.64. The van der Waals surface area contributed by atoms with Crippen molar-refractivity contribution in [1.29, 1.82) is 0 Å². The van der Waals surface area contributed by atoms with Gasteiger partial charge in [0.15, 0.2) is 15.6 Å². The molecule has 7 nitrogen and oxygen atoms in total. The van der Waals surface area contributed by atoms with E-state index < -0.39 is 15.8 Å². The number of benzene rings is 3. The Hall–Kier alpha value is -2.56. The lowest BCUT2D eigenvalue weighted by Crippen LogP contribution is -2.12. The standard InChI is InChI=1S/C28H30Br2O7S/c1-17(2)22-16-25(37-28-23(29)12-19(13-24(28)30)14-27(31)32)20(15-26(22)35-3)11-18-5-7-21(8-6-18)36-9-10-38(4,33)34/h5-8,12-13,15-17H,9-11,14H2,1-4H3,(H,31,32). The summed E-state index contributed by atoms with van der Waals surface area (Å²) in [5, 5.41) is 9.15. The van der Waals surface area contributed by atoms with Gasteiger partial charge < -0.3 is 19.3 Å². The second kappa shape index (κ2) is 13.0. The second-order valence-electron chi connectivity index (χ2n) is 9.22. The minimum atomic E-state index is -3.09. The van der Waals surface area contributed by atoms with E-state index in [-0.39, 0.29) is 24.7 Å². The molecule has 3 rings (SSSR count). The number of carboxylic acids is 1. The summed E-state index contributed by atoms with van der Waals surface area (Å²) in [6.45, 7) is 4.26. The maximum Gasteiger partial charge on any atom is 0.307 e. The molecule has 0 spiro atoms. The molecule has 0 amide bonds. The van der Waals surface area contributed by atoms with Crippen LogP contribution in [-0.4, -0.2) is 45.2 Å². The van der Waals surface area contributed by atoms with Gasteiger partial charge in [-0.25, -0.2) is 8.42 Å². The lowest BCUT2D eigenvalue weighted by atomic mass is 9.96. The number of ether oxygens (including phenoxy) is 3. The molecule has 3 aromatic carbocycles. The summed E-state index contributed by atoms with van der Waals surface area (Å²) in [6.07, 6.45) is 1.62. The van der Waals surface area contributed by atoms with Gasteiger partial charge in [-0.2, -0.15) is 0 Å². The number of carboxylic acid groups (broad SMARTS) is 1. The Morgan fingerprint density at radius 2 is 1.61 bits per heavy atom. The van der Waals surface area contributed by atoms with Crippen molar-refractivity contribution in [3.05, 3.63) is 79.7 Å². The molecule has 204 valence electrons. The van der Waals surface area contributed by atoms with E-state index in [2.05, 4.69) is 45.7 Å². The molecule has 0 saturated carbocycles. The Morgan fingerprint density at radius 3 is 2.13 bits per heavy atom. The summed E-state index contributed by atoms with van der Waals surface area (Å²) >= 11 is 7.06. The van der Waals surface area contributed by atoms with Crippen LogP contribution in [0.1, 0.15) is 42.0 Å². The van der Waals surface area contributed by atoms with E-state index in [0.29, 0.717) is 38.2 Å². The Kier molecular flexibility index (Phi) is 10.3. The van der Waals surface area contributed by atoms with Crippen molar-refractivity contribution in [2.75, 3.05) is 25.7 Å². The van der Waals surface area contributed by atoms with Crippen LogP contribution >= 0.6 is 31.9 Å². The van der Waals surface area contributed by atoms with Crippen LogP contribution in [0.15, 0.2) is 57.5 Å². The first kappa shape index (κ1) is 30.0. The van der Waals surface area contributed by atoms with E-state index in [1.165, 1.54) is 6.26 Å². The largest absolute Gasteiger partial charge is 0.496 e. The van der Waals surface area contributed by atoms with Crippen LogP contribution in [0.5, 0.6) is 23.0 Å². The number of aliphatic carboxylic acids is 1. The summed E-state index contributed by atoms with van der Waals surface area (Å²) in [4.78, 5) is 11.2. The first-order chi connectivity index (χ1) is 17.9. The molecule has 10 heteroatoms. The summed E-state index contributed by atoms with van der Waals surface area (Å²) in [5.41, 5.74) is 3.53. The molecule has 0 radical (unpaired) electrons. The van der Waals surface area contributed by atoms with Crippen molar-refractivity contribution in [2.24, 2.45) is 0 Å². The van der Waals surface area contributed by atoms with Crippen molar-refractivity contribution in [3.63, 3.8) is 0 Å². The zero-order valence-corrected chi connectivity index (χ0v) is 25.6. The minimum absolute atomic E-state index is 0.0418. The van der Waals surface area contributed by atoms with E-state index in [4.69, 9.17) is 19.3 Å². The maximum absolute atomic E-state index is 11.3. The highest BCUT2D eigenvalue weighted by Gasteiger charge is 2.18. The van der Waals surface area contributed by atoms with Crippen LogP contribution in [0, 0.1) is 0 Å². The monoisotopic (exact) mass is 668 g/mol. The number of methoxy groups -OCH3 is 1. The highest BCUT2D eigenvalue weighted by molar-refractivity contribution is 9.11. The lowest BCUT2D eigenvalue weighted by Gasteiger charge is -2.20. The Balaban J connectivity index is 1.93. The Morgan fingerprint density at radius 1 is 0.974 bits per heavy atom. The molecule has 0 saturated heterocycles. The van der Waals surface area contributed by atoms with Gasteiger partial charge in [-0.1, -0.05) is 26.0 Å².